The van der Waals surface area contributed by atoms with E-state index in [0.29, 0.717) is 17.3 Å². The lowest BCUT2D eigenvalue weighted by Gasteiger charge is -2.29. The highest BCUT2D eigenvalue weighted by molar-refractivity contribution is 6.10. The summed E-state index contributed by atoms with van der Waals surface area (Å²) in [6, 6.07) is 8.84. The summed E-state index contributed by atoms with van der Waals surface area (Å²) in [7, 11) is 0. The minimum Gasteiger partial charge on any atom is -0.381 e. The van der Waals surface area contributed by atoms with Crippen LogP contribution in [0.2, 0.25) is 0 Å². The second-order valence-corrected chi connectivity index (χ2v) is 9.21. The number of hydrogen-bond acceptors (Lipinski definition) is 5. The fourth-order valence-electron chi connectivity index (χ4n) is 4.63. The van der Waals surface area contributed by atoms with E-state index in [4.69, 9.17) is 12.2 Å². The van der Waals surface area contributed by atoms with Crippen molar-refractivity contribution >= 4 is 22.4 Å². The van der Waals surface area contributed by atoms with Gasteiger partial charge < -0.3 is 11.1 Å². The number of fused-ring (bicyclic) bond motifs is 1. The Kier molecular flexibility index (Phi) is 5.40. The van der Waals surface area contributed by atoms with Gasteiger partial charge in [-0.1, -0.05) is 6.07 Å². The molecule has 0 bridgehead atoms. The summed E-state index contributed by atoms with van der Waals surface area (Å²) in [5.74, 6) is 2.96. The van der Waals surface area contributed by atoms with Crippen molar-refractivity contribution in [2.24, 2.45) is 11.7 Å². The van der Waals surface area contributed by atoms with Crippen molar-refractivity contribution in [1.82, 2.24) is 9.97 Å². The molecule has 0 spiro atoms. The average molecular weight is 425 g/mol. The van der Waals surface area contributed by atoms with Crippen molar-refractivity contribution in [1.29, 1.82) is 0 Å². The molecule has 0 unspecified atom stereocenters. The topological polar surface area (TPSA) is 80.9 Å². The molecule has 0 atom stereocenters. The Morgan fingerprint density at radius 2 is 1.84 bits per heavy atom. The molecular weight excluding hydrogens is 396 g/mol. The van der Waals surface area contributed by atoms with E-state index in [1.807, 2.05) is 25.3 Å². The summed E-state index contributed by atoms with van der Waals surface area (Å²) >= 11 is 0. The first-order valence-electron chi connectivity index (χ1n) is 11.5. The lowest BCUT2D eigenvalue weighted by Crippen LogP contribution is -2.33. The fourth-order valence-corrected chi connectivity index (χ4v) is 4.63. The number of benzene rings is 1. The molecule has 1 aromatic carbocycles. The number of pyridine rings is 2. The first kappa shape index (κ1) is 20.7. The summed E-state index contributed by atoms with van der Waals surface area (Å²) in [4.78, 5) is 22.2. The second kappa shape index (κ2) is 8.37. The number of nitrogens with two attached hydrogens (primary N) is 1. The molecule has 3 aromatic rings. The summed E-state index contributed by atoms with van der Waals surface area (Å²) < 4.78 is 0. The van der Waals surface area contributed by atoms with Crippen LogP contribution in [0, 0.1) is 25.2 Å². The molecule has 0 saturated heterocycles. The molecule has 2 fully saturated rings. The molecule has 2 aromatic heterocycles. The molecule has 5 heteroatoms. The Labute approximate surface area is 188 Å². The van der Waals surface area contributed by atoms with Crippen molar-refractivity contribution in [2.45, 2.75) is 57.5 Å². The molecule has 5 nitrogen and oxygen atoms in total. The summed E-state index contributed by atoms with van der Waals surface area (Å²) in [5, 5.41) is 4.70. The van der Waals surface area contributed by atoms with E-state index in [9.17, 15) is 4.79 Å². The van der Waals surface area contributed by atoms with E-state index in [1.165, 1.54) is 0 Å². The molecule has 3 N–H and O–H groups in total. The number of aryl methyl sites for hydroxylation is 1. The Balaban J connectivity index is 1.60. The van der Waals surface area contributed by atoms with E-state index in [0.717, 1.165) is 71.8 Å². The fraction of sp³-hybridized carbons (Fsp3) is 0.370. The van der Waals surface area contributed by atoms with Crippen LogP contribution in [0.15, 0.2) is 36.7 Å². The summed E-state index contributed by atoms with van der Waals surface area (Å²) in [5.41, 5.74) is 12.3. The number of carbonyl (C=O) groups is 1. The number of anilines is 1. The van der Waals surface area contributed by atoms with Gasteiger partial charge in [0.1, 0.15) is 5.69 Å². The van der Waals surface area contributed by atoms with Gasteiger partial charge >= 0.3 is 0 Å². The van der Waals surface area contributed by atoms with Crippen molar-refractivity contribution in [2.75, 3.05) is 5.32 Å². The van der Waals surface area contributed by atoms with Gasteiger partial charge in [-0.3, -0.25) is 9.78 Å². The normalized spacial score (nSPS) is 20.7. The predicted octanol–water partition coefficient (Wildman–Crippen LogP) is 4.86. The lowest BCUT2D eigenvalue weighted by molar-refractivity contribution is 0.0968. The van der Waals surface area contributed by atoms with Gasteiger partial charge in [-0.15, -0.1) is 6.42 Å². The summed E-state index contributed by atoms with van der Waals surface area (Å²) in [6.45, 7) is 1.97. The monoisotopic (exact) mass is 424 g/mol. The quantitative estimate of drug-likeness (QED) is 0.452. The minimum atomic E-state index is 0.140. The van der Waals surface area contributed by atoms with Crippen molar-refractivity contribution < 1.29 is 4.79 Å². The third-order valence-electron chi connectivity index (χ3n) is 6.75. The molecule has 2 aliphatic rings. The zero-order valence-corrected chi connectivity index (χ0v) is 18.4. The number of aromatic nitrogens is 2. The van der Waals surface area contributed by atoms with Crippen LogP contribution in [0.1, 0.15) is 60.1 Å². The number of nitrogens with one attached hydrogen (secondary N) is 1. The van der Waals surface area contributed by atoms with Crippen LogP contribution >= 0.6 is 0 Å². The second-order valence-electron chi connectivity index (χ2n) is 9.21. The largest absolute Gasteiger partial charge is 0.381 e. The molecule has 0 radical (unpaired) electrons. The maximum absolute atomic E-state index is 13.1. The van der Waals surface area contributed by atoms with Crippen LogP contribution in [0.4, 0.5) is 5.69 Å². The molecule has 2 saturated carbocycles. The SMILES string of the molecule is C#Cc1ncc(-c2ccc3ncc(C(=O)C4CC4)c(NC4CCC(N)CC4)c3c2)cc1C. The highest BCUT2D eigenvalue weighted by Gasteiger charge is 2.33. The smallest absolute Gasteiger partial charge is 0.169 e. The maximum Gasteiger partial charge on any atom is 0.169 e. The third kappa shape index (κ3) is 3.99. The highest BCUT2D eigenvalue weighted by Crippen LogP contribution is 2.38. The molecule has 2 aliphatic carbocycles. The maximum atomic E-state index is 13.1. The Hall–Kier alpha value is -3.23. The van der Waals surface area contributed by atoms with Crippen LogP contribution in [-0.2, 0) is 0 Å². The lowest BCUT2D eigenvalue weighted by atomic mass is 9.91. The zero-order valence-electron chi connectivity index (χ0n) is 18.4. The van der Waals surface area contributed by atoms with Crippen molar-refractivity contribution in [3.8, 4) is 23.5 Å². The van der Waals surface area contributed by atoms with E-state index in [1.54, 1.807) is 6.20 Å². The van der Waals surface area contributed by atoms with E-state index in [-0.39, 0.29) is 17.7 Å². The Morgan fingerprint density at radius 1 is 1.06 bits per heavy atom. The van der Waals surface area contributed by atoms with Gasteiger partial charge in [0.25, 0.3) is 0 Å². The van der Waals surface area contributed by atoms with Crippen molar-refractivity contribution in [3.05, 3.63) is 53.5 Å². The van der Waals surface area contributed by atoms with Crippen LogP contribution in [-0.4, -0.2) is 27.8 Å². The van der Waals surface area contributed by atoms with Gasteiger partial charge in [0, 0.05) is 41.3 Å². The van der Waals surface area contributed by atoms with Crippen LogP contribution in [0.5, 0.6) is 0 Å². The predicted molar refractivity (Wildman–Crippen MR) is 129 cm³/mol. The van der Waals surface area contributed by atoms with Crippen LogP contribution in [0.3, 0.4) is 0 Å². The molecule has 0 aliphatic heterocycles. The van der Waals surface area contributed by atoms with Gasteiger partial charge in [-0.2, -0.15) is 0 Å². The van der Waals surface area contributed by atoms with Gasteiger partial charge in [0.05, 0.1) is 16.8 Å². The van der Waals surface area contributed by atoms with E-state index < -0.39 is 0 Å². The highest BCUT2D eigenvalue weighted by atomic mass is 16.1. The third-order valence-corrected chi connectivity index (χ3v) is 6.75. The molecule has 5 rings (SSSR count). The zero-order chi connectivity index (χ0) is 22.2. The molecule has 162 valence electrons. The first-order chi connectivity index (χ1) is 15.5. The number of ketones is 1. The number of nitrogens with zero attached hydrogens (tertiary/aromatic N) is 2. The Morgan fingerprint density at radius 3 is 2.53 bits per heavy atom. The van der Waals surface area contributed by atoms with Gasteiger partial charge in [0.15, 0.2) is 5.78 Å². The van der Waals surface area contributed by atoms with E-state index in [2.05, 4.69) is 33.3 Å². The molecule has 32 heavy (non-hydrogen) atoms. The number of hydrogen-bond donors (Lipinski definition) is 2. The molecule has 2 heterocycles. The average Bonchev–Trinajstić information content (AvgIpc) is 3.65. The molecule has 0 amide bonds. The number of rotatable bonds is 5. The van der Waals surface area contributed by atoms with Crippen LogP contribution < -0.4 is 11.1 Å². The Bertz CT molecular complexity index is 1230. The minimum absolute atomic E-state index is 0.140. The standard InChI is InChI=1S/C27H28N4O/c1-3-24-16(2)12-19(14-29-24)18-6-11-25-22(13-18)26(31-21-9-7-20(28)8-10-21)23(15-30-25)27(32)17-4-5-17/h1,6,11-15,17,20-21H,4-5,7-10,28H2,2H3,(H,30,31). The van der Waals surface area contributed by atoms with Gasteiger partial charge in [-0.25, -0.2) is 4.98 Å². The van der Waals surface area contributed by atoms with Crippen molar-refractivity contribution in [3.63, 3.8) is 0 Å². The van der Waals surface area contributed by atoms with E-state index >= 15 is 0 Å². The number of carbonyl (C=O) groups excluding carboxylic acids is 1. The van der Waals surface area contributed by atoms with Crippen LogP contribution in [0.25, 0.3) is 22.0 Å². The number of Topliss-reactive ketones (excluding diaryl/α,β-unsaturated/α-hetero) is 1. The van der Waals surface area contributed by atoms with Gasteiger partial charge in [0.2, 0.25) is 0 Å². The first-order valence-corrected chi connectivity index (χ1v) is 11.5. The summed E-state index contributed by atoms with van der Waals surface area (Å²) in [6.07, 6.45) is 15.1. The van der Waals surface area contributed by atoms with Gasteiger partial charge in [-0.05, 0) is 80.7 Å². The number of terminal acetylenes is 1. The molecular formula is C27H28N4O.